The molecule has 0 unspecified atom stereocenters. The molecule has 3 N–H and O–H groups in total. The number of benzene rings is 2. The highest BCUT2D eigenvalue weighted by atomic mass is 32.1. The molecule has 3 amide bonds. The first-order chi connectivity index (χ1) is 20.4. The molecule has 0 radical (unpaired) electrons. The summed E-state index contributed by atoms with van der Waals surface area (Å²) >= 11 is 3.00. The molecule has 3 heterocycles. The van der Waals surface area contributed by atoms with Gasteiger partial charge in [-0.1, -0.05) is 18.2 Å². The first-order valence-corrected chi connectivity index (χ1v) is 15.5. The van der Waals surface area contributed by atoms with E-state index in [1.54, 1.807) is 45.9 Å². The summed E-state index contributed by atoms with van der Waals surface area (Å²) in [5.41, 5.74) is 2.92. The summed E-state index contributed by atoms with van der Waals surface area (Å²) in [6.07, 6.45) is 1.86. The maximum atomic E-state index is 13.5. The van der Waals surface area contributed by atoms with Gasteiger partial charge >= 0.3 is 0 Å². The summed E-state index contributed by atoms with van der Waals surface area (Å²) in [6.45, 7) is 1.55. The first-order valence-electron chi connectivity index (χ1n) is 13.8. The Morgan fingerprint density at radius 2 is 1.83 bits per heavy atom. The predicted octanol–water partition coefficient (Wildman–Crippen LogP) is 4.97. The van der Waals surface area contributed by atoms with Crippen molar-refractivity contribution in [1.82, 2.24) is 20.5 Å². The average molecular weight is 605 g/mol. The van der Waals surface area contributed by atoms with Crippen LogP contribution in [0, 0.1) is 0 Å². The van der Waals surface area contributed by atoms with Crippen LogP contribution in [0.3, 0.4) is 0 Å². The van der Waals surface area contributed by atoms with Crippen molar-refractivity contribution in [2.45, 2.75) is 25.7 Å². The summed E-state index contributed by atoms with van der Waals surface area (Å²) in [4.78, 5) is 46.5. The van der Waals surface area contributed by atoms with Crippen molar-refractivity contribution in [3.63, 3.8) is 0 Å². The molecule has 0 spiro atoms. The average Bonchev–Trinajstić information content (AvgIpc) is 3.71. The summed E-state index contributed by atoms with van der Waals surface area (Å²) in [5, 5.41) is 21.0. The number of thiophene rings is 1. The number of hydrogen-bond donors (Lipinski definition) is 3. The van der Waals surface area contributed by atoms with Crippen LogP contribution < -0.4 is 15.4 Å². The van der Waals surface area contributed by atoms with Crippen LogP contribution in [0.5, 0.6) is 11.5 Å². The van der Waals surface area contributed by atoms with E-state index in [4.69, 9.17) is 4.74 Å². The molecule has 11 heteroatoms. The number of nitrogens with zero attached hydrogens (tertiary/aromatic N) is 2. The summed E-state index contributed by atoms with van der Waals surface area (Å²) in [6, 6.07) is 14.4. The van der Waals surface area contributed by atoms with Crippen LogP contribution in [0.1, 0.15) is 45.7 Å². The number of aromatic nitrogens is 1. The van der Waals surface area contributed by atoms with Gasteiger partial charge in [-0.05, 0) is 66.1 Å². The molecule has 2 aromatic carbocycles. The van der Waals surface area contributed by atoms with Gasteiger partial charge in [-0.2, -0.15) is 0 Å². The Balaban J connectivity index is 1.36. The second kappa shape index (κ2) is 13.6. The van der Waals surface area contributed by atoms with E-state index in [9.17, 15) is 19.5 Å². The zero-order valence-corrected chi connectivity index (χ0v) is 24.9. The van der Waals surface area contributed by atoms with Gasteiger partial charge in [-0.3, -0.25) is 14.4 Å². The van der Waals surface area contributed by atoms with Gasteiger partial charge in [0.1, 0.15) is 22.2 Å². The monoisotopic (exact) mass is 604 g/mol. The van der Waals surface area contributed by atoms with E-state index >= 15 is 0 Å². The lowest BCUT2D eigenvalue weighted by molar-refractivity contribution is -0.121. The van der Waals surface area contributed by atoms with Crippen LogP contribution in [-0.2, 0) is 11.2 Å². The SMILES string of the molecule is COc1ccc2cc1C(=O)NCCCN(C(=O)c1csc(-c3cccs3)n1)CCCC(=O)NCCc1ccc(O)c-2c1. The van der Waals surface area contributed by atoms with Crippen molar-refractivity contribution >= 4 is 40.4 Å². The number of methoxy groups -OCH3 is 1. The van der Waals surface area contributed by atoms with Crippen molar-refractivity contribution in [3.05, 3.63) is 76.1 Å². The third kappa shape index (κ3) is 6.97. The van der Waals surface area contributed by atoms with Gasteiger partial charge in [-0.15, -0.1) is 22.7 Å². The van der Waals surface area contributed by atoms with Gasteiger partial charge in [0.25, 0.3) is 11.8 Å². The third-order valence-electron chi connectivity index (χ3n) is 7.02. The molecular weight excluding hydrogens is 572 g/mol. The van der Waals surface area contributed by atoms with E-state index in [0.29, 0.717) is 73.6 Å². The van der Waals surface area contributed by atoms with Gasteiger partial charge in [-0.25, -0.2) is 4.98 Å². The molecule has 42 heavy (non-hydrogen) atoms. The summed E-state index contributed by atoms with van der Waals surface area (Å²) in [7, 11) is 1.51. The van der Waals surface area contributed by atoms with Crippen molar-refractivity contribution in [2.24, 2.45) is 0 Å². The van der Waals surface area contributed by atoms with Crippen molar-refractivity contribution in [2.75, 3.05) is 33.3 Å². The fourth-order valence-corrected chi connectivity index (χ4v) is 6.43. The highest BCUT2D eigenvalue weighted by Gasteiger charge is 2.21. The largest absolute Gasteiger partial charge is 0.507 e. The van der Waals surface area contributed by atoms with Crippen LogP contribution in [0.4, 0.5) is 0 Å². The van der Waals surface area contributed by atoms with Crippen LogP contribution in [0.15, 0.2) is 59.3 Å². The second-order valence-corrected chi connectivity index (χ2v) is 11.7. The van der Waals surface area contributed by atoms with E-state index in [1.807, 2.05) is 29.6 Å². The topological polar surface area (TPSA) is 121 Å². The number of carbonyl (C=O) groups is 3. The number of ether oxygens (including phenoxy) is 1. The number of carbonyl (C=O) groups excluding carboxylic acids is 3. The predicted molar refractivity (Wildman–Crippen MR) is 164 cm³/mol. The van der Waals surface area contributed by atoms with E-state index < -0.39 is 0 Å². The summed E-state index contributed by atoms with van der Waals surface area (Å²) in [5.74, 6) is -0.0739. The maximum absolute atomic E-state index is 13.5. The fraction of sp³-hybridized carbons (Fsp3) is 0.290. The van der Waals surface area contributed by atoms with E-state index in [1.165, 1.54) is 18.4 Å². The number of phenolic OH excluding ortho intramolecular Hbond substituents is 1. The molecule has 0 aliphatic carbocycles. The van der Waals surface area contributed by atoms with Gasteiger partial charge in [0.2, 0.25) is 5.91 Å². The van der Waals surface area contributed by atoms with Gasteiger partial charge in [0, 0.05) is 43.5 Å². The highest BCUT2D eigenvalue weighted by molar-refractivity contribution is 7.20. The van der Waals surface area contributed by atoms with Crippen molar-refractivity contribution in [1.29, 1.82) is 0 Å². The van der Waals surface area contributed by atoms with E-state index in [2.05, 4.69) is 15.6 Å². The highest BCUT2D eigenvalue weighted by Crippen LogP contribution is 2.33. The minimum atomic E-state index is -0.310. The molecule has 0 saturated heterocycles. The Morgan fingerprint density at radius 3 is 2.64 bits per heavy atom. The summed E-state index contributed by atoms with van der Waals surface area (Å²) < 4.78 is 5.45. The Morgan fingerprint density at radius 1 is 0.976 bits per heavy atom. The number of phenols is 1. The van der Waals surface area contributed by atoms with Crippen LogP contribution in [-0.4, -0.2) is 66.0 Å². The van der Waals surface area contributed by atoms with Crippen molar-refractivity contribution < 1.29 is 24.2 Å². The quantitative estimate of drug-likeness (QED) is 0.304. The molecule has 0 saturated carbocycles. The minimum absolute atomic E-state index is 0.0833. The third-order valence-corrected chi connectivity index (χ3v) is 8.90. The number of rotatable bonds is 3. The lowest BCUT2D eigenvalue weighted by Gasteiger charge is -2.22. The van der Waals surface area contributed by atoms with Crippen LogP contribution in [0.2, 0.25) is 0 Å². The normalized spacial score (nSPS) is 15.1. The zero-order valence-electron chi connectivity index (χ0n) is 23.2. The maximum Gasteiger partial charge on any atom is 0.273 e. The minimum Gasteiger partial charge on any atom is -0.507 e. The molecule has 218 valence electrons. The molecule has 0 fully saturated rings. The molecule has 0 atom stereocenters. The number of fused-ring (bicyclic) bond motifs is 5. The van der Waals surface area contributed by atoms with E-state index in [0.717, 1.165) is 15.4 Å². The number of thiazole rings is 1. The molecule has 4 bridgehead atoms. The van der Waals surface area contributed by atoms with Crippen LogP contribution >= 0.6 is 22.7 Å². The van der Waals surface area contributed by atoms with E-state index in [-0.39, 0.29) is 29.9 Å². The number of hydrogen-bond acceptors (Lipinski definition) is 8. The molecule has 2 aromatic heterocycles. The second-order valence-electron chi connectivity index (χ2n) is 9.89. The molecule has 1 aliphatic heterocycles. The Hall–Kier alpha value is -4.22. The molecule has 9 nitrogen and oxygen atoms in total. The van der Waals surface area contributed by atoms with Gasteiger partial charge < -0.3 is 25.4 Å². The fourth-order valence-electron chi connectivity index (χ4n) is 4.82. The van der Waals surface area contributed by atoms with Gasteiger partial charge in [0.15, 0.2) is 0 Å². The first kappa shape index (κ1) is 29.3. The Labute approximate surface area is 252 Å². The molecule has 5 rings (SSSR count). The molecular formula is C31H32N4O5S2. The number of amides is 3. The lowest BCUT2D eigenvalue weighted by Crippen LogP contribution is -2.36. The van der Waals surface area contributed by atoms with Crippen LogP contribution in [0.25, 0.3) is 21.0 Å². The standard InChI is InChI=1S/C31H32N4O5S2/c1-40-26-10-8-21-18-23(26)29(38)33-12-4-15-35(31(39)24-19-42-30(34-24)27-5-3-16-41-27)14-2-6-28(37)32-13-11-20-7-9-25(36)22(21)17-20/h3,5,7-10,16-19,36H,2,4,6,11-15H2,1H3,(H,32,37)(H,33,38). The Kier molecular flexibility index (Phi) is 9.50. The number of nitrogens with one attached hydrogen (secondary N) is 2. The smallest absolute Gasteiger partial charge is 0.273 e. The molecule has 4 aromatic rings. The van der Waals surface area contributed by atoms with Crippen molar-refractivity contribution in [3.8, 4) is 32.5 Å². The number of aromatic hydroxyl groups is 1. The molecule has 1 aliphatic rings. The van der Waals surface area contributed by atoms with Gasteiger partial charge in [0.05, 0.1) is 17.6 Å². The Bertz CT molecular complexity index is 1570. The zero-order chi connectivity index (χ0) is 29.5. The lowest BCUT2D eigenvalue weighted by atomic mass is 9.98.